The van der Waals surface area contributed by atoms with Gasteiger partial charge in [-0.15, -0.1) is 0 Å². The zero-order valence-electron chi connectivity index (χ0n) is 32.6. The number of aromatic carboxylic acids is 2. The fourth-order valence-corrected chi connectivity index (χ4v) is 6.28. The lowest BCUT2D eigenvalue weighted by Crippen LogP contribution is -2.00. The van der Waals surface area contributed by atoms with Gasteiger partial charge in [0, 0.05) is 0 Å². The number of carbonyl (C=O) groups is 2. The summed E-state index contributed by atoms with van der Waals surface area (Å²) >= 11 is 0. The third-order valence-electron chi connectivity index (χ3n) is 8.97. The van der Waals surface area contributed by atoms with Crippen LogP contribution in [0.25, 0.3) is 12.2 Å². The molecule has 0 fully saturated rings. The molecule has 0 aliphatic heterocycles. The van der Waals surface area contributed by atoms with Crippen molar-refractivity contribution in [3.8, 4) is 0 Å². The SMILES string of the molecule is Cc1cc(N=Nc2ccc(C(=O)O)cc2)c(C)cc1N=Nc1ccc(C=Cc2ccc(N=Nc3cc(C)c(N=Nc4ccc(C(=O)O)cc4)cc3C)cc2S(=O)(=O)O)cc1. The molecule has 0 saturated heterocycles. The highest BCUT2D eigenvalue weighted by molar-refractivity contribution is 7.86. The minimum atomic E-state index is -4.63. The molecule has 16 heteroatoms. The maximum atomic E-state index is 12.4. The molecule has 6 aromatic rings. The minimum absolute atomic E-state index is 0.147. The lowest BCUT2D eigenvalue weighted by atomic mass is 10.1. The molecule has 6 rings (SSSR count). The zero-order chi connectivity index (χ0) is 43.0. The lowest BCUT2D eigenvalue weighted by molar-refractivity contribution is 0.0686. The number of carboxylic acid groups (broad SMARTS) is 2. The Morgan fingerprint density at radius 1 is 0.450 bits per heavy atom. The van der Waals surface area contributed by atoms with Crippen LogP contribution in [0, 0.1) is 27.7 Å². The second-order valence-corrected chi connectivity index (χ2v) is 14.9. The van der Waals surface area contributed by atoms with E-state index in [1.165, 1.54) is 36.4 Å². The fraction of sp³-hybridized carbons (Fsp3) is 0.0909. The molecule has 0 spiro atoms. The summed E-state index contributed by atoms with van der Waals surface area (Å²) in [5.41, 5.74) is 8.60. The Kier molecular flexibility index (Phi) is 12.8. The van der Waals surface area contributed by atoms with Crippen molar-refractivity contribution >= 4 is 79.7 Å². The Morgan fingerprint density at radius 2 is 0.783 bits per heavy atom. The molecule has 0 aromatic heterocycles. The van der Waals surface area contributed by atoms with Crippen LogP contribution in [-0.2, 0) is 10.1 Å². The van der Waals surface area contributed by atoms with E-state index in [1.54, 1.807) is 78.9 Å². The van der Waals surface area contributed by atoms with Crippen LogP contribution in [0.4, 0.5) is 45.5 Å². The Hall–Kier alpha value is -7.69. The summed E-state index contributed by atoms with van der Waals surface area (Å²) < 4.78 is 34.9. The van der Waals surface area contributed by atoms with Gasteiger partial charge in [-0.1, -0.05) is 30.4 Å². The first kappa shape index (κ1) is 41.9. The van der Waals surface area contributed by atoms with Crippen LogP contribution in [0.5, 0.6) is 0 Å². The van der Waals surface area contributed by atoms with Gasteiger partial charge in [0.25, 0.3) is 10.1 Å². The number of azo groups is 4. The van der Waals surface area contributed by atoms with Crippen molar-refractivity contribution < 1.29 is 32.8 Å². The monoisotopic (exact) mass is 820 g/mol. The Balaban J connectivity index is 1.11. The number of hydrogen-bond donors (Lipinski definition) is 3. The average Bonchev–Trinajstić information content (AvgIpc) is 3.22. The van der Waals surface area contributed by atoms with Crippen LogP contribution in [0.3, 0.4) is 0 Å². The van der Waals surface area contributed by atoms with Crippen LogP contribution in [0.2, 0.25) is 0 Å². The number of carboxylic acids is 2. The minimum Gasteiger partial charge on any atom is -0.478 e. The molecule has 0 atom stereocenters. The summed E-state index contributed by atoms with van der Waals surface area (Å²) in [6, 6.07) is 30.8. The molecule has 6 aromatic carbocycles. The van der Waals surface area contributed by atoms with Gasteiger partial charge in [-0.2, -0.15) is 49.3 Å². The molecule has 0 radical (unpaired) electrons. The van der Waals surface area contributed by atoms with Gasteiger partial charge in [-0.25, -0.2) is 9.59 Å². The number of benzene rings is 6. The van der Waals surface area contributed by atoms with Crippen LogP contribution < -0.4 is 0 Å². The van der Waals surface area contributed by atoms with Crippen molar-refractivity contribution in [1.82, 2.24) is 0 Å². The van der Waals surface area contributed by atoms with E-state index in [0.29, 0.717) is 39.8 Å². The highest BCUT2D eigenvalue weighted by atomic mass is 32.2. The maximum absolute atomic E-state index is 12.4. The molecule has 60 heavy (non-hydrogen) atoms. The van der Waals surface area contributed by atoms with Crippen molar-refractivity contribution in [1.29, 1.82) is 0 Å². The van der Waals surface area contributed by atoms with E-state index in [-0.39, 0.29) is 27.3 Å². The van der Waals surface area contributed by atoms with Crippen molar-refractivity contribution in [3.63, 3.8) is 0 Å². The summed E-state index contributed by atoms with van der Waals surface area (Å²) in [4.78, 5) is 21.8. The lowest BCUT2D eigenvalue weighted by Gasteiger charge is -2.06. The molecule has 0 heterocycles. The molecule has 0 aliphatic rings. The first-order chi connectivity index (χ1) is 28.6. The predicted molar refractivity (Wildman–Crippen MR) is 227 cm³/mol. The standard InChI is InChI=1S/C44H36N8O7S/c1-26-22-39(50-46-35-16-10-32(11-17-35)43(53)54)27(2)21-38(26)49-45-34-14-6-30(7-15-34)5-8-31-9-20-37(25-42(31)60(57,58)59)48-52-41-24-28(3)40(23-29(41)4)51-47-36-18-12-33(13-19-36)44(55)56/h5-25H,1-4H3,(H,53,54)(H,55,56)(H,57,58,59). The number of hydrogen-bond acceptors (Lipinski definition) is 12. The van der Waals surface area contributed by atoms with E-state index in [9.17, 15) is 22.6 Å². The van der Waals surface area contributed by atoms with Gasteiger partial charge in [0.2, 0.25) is 0 Å². The predicted octanol–water partition coefficient (Wildman–Crippen LogP) is 13.4. The van der Waals surface area contributed by atoms with Crippen LogP contribution in [0.1, 0.15) is 54.1 Å². The molecule has 0 aliphatic carbocycles. The van der Waals surface area contributed by atoms with E-state index in [2.05, 4.69) is 40.9 Å². The van der Waals surface area contributed by atoms with Crippen molar-refractivity contribution in [2.75, 3.05) is 0 Å². The fourth-order valence-electron chi connectivity index (χ4n) is 5.57. The third-order valence-corrected chi connectivity index (χ3v) is 9.88. The smallest absolute Gasteiger partial charge is 0.335 e. The van der Waals surface area contributed by atoms with Crippen LogP contribution >= 0.6 is 0 Å². The summed E-state index contributed by atoms with van der Waals surface area (Å²) in [5, 5.41) is 52.5. The topological polar surface area (TPSA) is 228 Å². The first-order valence-electron chi connectivity index (χ1n) is 18.1. The Labute approximate surface area is 344 Å². The average molecular weight is 821 g/mol. The van der Waals surface area contributed by atoms with Crippen LogP contribution in [-0.4, -0.2) is 35.1 Å². The highest BCUT2D eigenvalue weighted by Crippen LogP contribution is 2.33. The van der Waals surface area contributed by atoms with Crippen molar-refractivity contribution in [2.24, 2.45) is 40.9 Å². The van der Waals surface area contributed by atoms with E-state index < -0.39 is 22.1 Å². The van der Waals surface area contributed by atoms with Gasteiger partial charge in [-0.3, -0.25) is 4.55 Å². The molecule has 0 amide bonds. The number of nitrogens with zero attached hydrogens (tertiary/aromatic N) is 8. The molecular weight excluding hydrogens is 785 g/mol. The largest absolute Gasteiger partial charge is 0.478 e. The summed E-state index contributed by atoms with van der Waals surface area (Å²) in [7, 11) is -4.63. The van der Waals surface area contributed by atoms with Gasteiger partial charge in [0.15, 0.2) is 0 Å². The van der Waals surface area contributed by atoms with Gasteiger partial charge < -0.3 is 10.2 Å². The molecule has 300 valence electrons. The maximum Gasteiger partial charge on any atom is 0.335 e. The second kappa shape index (κ2) is 18.3. The van der Waals surface area contributed by atoms with E-state index in [1.807, 2.05) is 39.8 Å². The van der Waals surface area contributed by atoms with Crippen molar-refractivity contribution in [2.45, 2.75) is 32.6 Å². The zero-order valence-corrected chi connectivity index (χ0v) is 33.4. The number of aryl methyl sites for hydroxylation is 4. The molecular formula is C44H36N8O7S. The quantitative estimate of drug-likeness (QED) is 0.0579. The Morgan fingerprint density at radius 3 is 1.13 bits per heavy atom. The first-order valence-corrected chi connectivity index (χ1v) is 19.5. The second-order valence-electron chi connectivity index (χ2n) is 13.5. The molecule has 0 saturated carbocycles. The van der Waals surface area contributed by atoms with Crippen LogP contribution in [0.15, 0.2) is 161 Å². The normalized spacial score (nSPS) is 12.2. The Bertz CT molecular complexity index is 2870. The van der Waals surface area contributed by atoms with Gasteiger partial charge in [0.1, 0.15) is 4.90 Å². The molecule has 3 N–H and O–H groups in total. The summed E-state index contributed by atoms with van der Waals surface area (Å²) in [6.45, 7) is 7.39. The third kappa shape index (κ3) is 10.8. The van der Waals surface area contributed by atoms with E-state index in [0.717, 1.165) is 27.8 Å². The molecule has 15 nitrogen and oxygen atoms in total. The van der Waals surface area contributed by atoms with Crippen molar-refractivity contribution in [3.05, 3.63) is 160 Å². The summed E-state index contributed by atoms with van der Waals surface area (Å²) in [5.74, 6) is -2.05. The van der Waals surface area contributed by atoms with Gasteiger partial charge >= 0.3 is 11.9 Å². The van der Waals surface area contributed by atoms with Gasteiger partial charge in [0.05, 0.1) is 56.6 Å². The van der Waals surface area contributed by atoms with Gasteiger partial charge in [-0.05, 0) is 158 Å². The highest BCUT2D eigenvalue weighted by Gasteiger charge is 2.15. The summed E-state index contributed by atoms with van der Waals surface area (Å²) in [6.07, 6.45) is 3.27. The van der Waals surface area contributed by atoms with E-state index >= 15 is 0 Å². The van der Waals surface area contributed by atoms with E-state index in [4.69, 9.17) is 10.2 Å². The number of rotatable bonds is 13. The molecule has 0 unspecified atom stereocenters. The molecule has 0 bridgehead atoms.